The molecular formula is C19H16F2N2O4S. The molecule has 0 fully saturated rings. The van der Waals surface area contributed by atoms with E-state index in [1.165, 1.54) is 24.3 Å². The van der Waals surface area contributed by atoms with Crippen LogP contribution in [0.25, 0.3) is 0 Å². The van der Waals surface area contributed by atoms with E-state index in [-0.39, 0.29) is 11.4 Å². The van der Waals surface area contributed by atoms with Gasteiger partial charge in [0.2, 0.25) is 0 Å². The molecule has 28 heavy (non-hydrogen) atoms. The molecule has 0 radical (unpaired) electrons. The lowest BCUT2D eigenvalue weighted by molar-refractivity contribution is 0.0995. The summed E-state index contributed by atoms with van der Waals surface area (Å²) in [6.45, 7) is 1.90. The fourth-order valence-corrected chi connectivity index (χ4v) is 3.43. The molecule has 0 aliphatic carbocycles. The van der Waals surface area contributed by atoms with E-state index in [4.69, 9.17) is 4.42 Å². The molecule has 3 aromatic rings. The first-order valence-electron chi connectivity index (χ1n) is 8.26. The standard InChI is InChI=1S/C19H16F2N2O4S/c1-2-14-7-10-18(27-14)19(24)22-12-3-5-13(6-4-12)23-28(25,26)15-8-9-16(20)17(21)11-15/h3-11,23H,2H2,1H3,(H,22,24). The second-order valence-corrected chi connectivity index (χ2v) is 7.51. The Kier molecular flexibility index (Phi) is 5.46. The van der Waals surface area contributed by atoms with Crippen molar-refractivity contribution in [2.24, 2.45) is 0 Å². The Hall–Kier alpha value is -3.20. The van der Waals surface area contributed by atoms with Crippen LogP contribution in [0.3, 0.4) is 0 Å². The Morgan fingerprint density at radius 1 is 0.964 bits per heavy atom. The van der Waals surface area contributed by atoms with Gasteiger partial charge in [-0.2, -0.15) is 0 Å². The first-order chi connectivity index (χ1) is 13.3. The van der Waals surface area contributed by atoms with Crippen LogP contribution in [-0.4, -0.2) is 14.3 Å². The minimum Gasteiger partial charge on any atom is -0.456 e. The van der Waals surface area contributed by atoms with Crippen molar-refractivity contribution in [1.82, 2.24) is 0 Å². The number of amides is 1. The smallest absolute Gasteiger partial charge is 0.291 e. The summed E-state index contributed by atoms with van der Waals surface area (Å²) in [5.74, 6) is -1.98. The summed E-state index contributed by atoms with van der Waals surface area (Å²) in [5, 5.41) is 2.63. The highest BCUT2D eigenvalue weighted by Gasteiger charge is 2.17. The fraction of sp³-hybridized carbons (Fsp3) is 0.105. The summed E-state index contributed by atoms with van der Waals surface area (Å²) in [4.78, 5) is 11.7. The van der Waals surface area contributed by atoms with E-state index in [2.05, 4.69) is 10.0 Å². The first-order valence-corrected chi connectivity index (χ1v) is 9.75. The summed E-state index contributed by atoms with van der Waals surface area (Å²) >= 11 is 0. The first kappa shape index (κ1) is 19.6. The van der Waals surface area contributed by atoms with Gasteiger partial charge in [0.15, 0.2) is 17.4 Å². The van der Waals surface area contributed by atoms with E-state index >= 15 is 0 Å². The number of anilines is 2. The second-order valence-electron chi connectivity index (χ2n) is 5.83. The Morgan fingerprint density at radius 3 is 2.25 bits per heavy atom. The van der Waals surface area contributed by atoms with Gasteiger partial charge in [-0.1, -0.05) is 6.92 Å². The highest BCUT2D eigenvalue weighted by molar-refractivity contribution is 7.92. The van der Waals surface area contributed by atoms with Gasteiger partial charge < -0.3 is 9.73 Å². The molecule has 0 aliphatic rings. The monoisotopic (exact) mass is 406 g/mol. The van der Waals surface area contributed by atoms with E-state index in [1.54, 1.807) is 12.1 Å². The number of carbonyl (C=O) groups is 1. The molecule has 0 unspecified atom stereocenters. The fourth-order valence-electron chi connectivity index (χ4n) is 2.36. The summed E-state index contributed by atoms with van der Waals surface area (Å²) < 4.78 is 58.4. The van der Waals surface area contributed by atoms with E-state index in [9.17, 15) is 22.0 Å². The molecule has 1 amide bonds. The molecule has 0 atom stereocenters. The summed E-state index contributed by atoms with van der Waals surface area (Å²) in [5.41, 5.74) is 0.615. The topological polar surface area (TPSA) is 88.4 Å². The zero-order chi connectivity index (χ0) is 20.3. The van der Waals surface area contributed by atoms with Crippen molar-refractivity contribution in [3.63, 3.8) is 0 Å². The number of rotatable bonds is 6. The quantitative estimate of drug-likeness (QED) is 0.643. The SMILES string of the molecule is CCc1ccc(C(=O)Nc2ccc(NS(=O)(=O)c3ccc(F)c(F)c3)cc2)o1. The van der Waals surface area contributed by atoms with Crippen LogP contribution >= 0.6 is 0 Å². The summed E-state index contributed by atoms with van der Waals surface area (Å²) in [6.07, 6.45) is 0.667. The Bertz CT molecular complexity index is 1110. The van der Waals surface area contributed by atoms with Crippen LogP contribution in [0.2, 0.25) is 0 Å². The predicted octanol–water partition coefficient (Wildman–Crippen LogP) is 4.17. The molecule has 0 spiro atoms. The number of hydrogen-bond donors (Lipinski definition) is 2. The van der Waals surface area contributed by atoms with Crippen molar-refractivity contribution in [2.75, 3.05) is 10.0 Å². The Labute approximate surface area is 160 Å². The predicted molar refractivity (Wildman–Crippen MR) is 99.6 cm³/mol. The molecule has 0 bridgehead atoms. The molecular weight excluding hydrogens is 390 g/mol. The lowest BCUT2D eigenvalue weighted by atomic mass is 10.3. The number of sulfonamides is 1. The second kappa shape index (κ2) is 7.81. The lowest BCUT2D eigenvalue weighted by Crippen LogP contribution is -2.14. The van der Waals surface area contributed by atoms with Crippen molar-refractivity contribution in [2.45, 2.75) is 18.2 Å². The highest BCUT2D eigenvalue weighted by atomic mass is 32.2. The van der Waals surface area contributed by atoms with Gasteiger partial charge >= 0.3 is 0 Å². The largest absolute Gasteiger partial charge is 0.456 e. The van der Waals surface area contributed by atoms with Crippen LogP contribution in [0.15, 0.2) is 63.9 Å². The maximum atomic E-state index is 13.3. The number of halogens is 2. The number of carbonyl (C=O) groups excluding carboxylic acids is 1. The third-order valence-corrected chi connectivity index (χ3v) is 5.21. The van der Waals surface area contributed by atoms with Crippen molar-refractivity contribution in [1.29, 1.82) is 0 Å². The molecule has 0 saturated carbocycles. The van der Waals surface area contributed by atoms with Gasteiger partial charge in [0.1, 0.15) is 5.76 Å². The molecule has 3 rings (SSSR count). The van der Waals surface area contributed by atoms with E-state index in [0.29, 0.717) is 23.9 Å². The van der Waals surface area contributed by atoms with Crippen LogP contribution in [-0.2, 0) is 16.4 Å². The molecule has 1 heterocycles. The summed E-state index contributed by atoms with van der Waals surface area (Å²) in [6, 6.07) is 11.4. The molecule has 6 nitrogen and oxygen atoms in total. The number of hydrogen-bond acceptors (Lipinski definition) is 4. The van der Waals surface area contributed by atoms with Crippen molar-refractivity contribution >= 4 is 27.3 Å². The zero-order valence-corrected chi connectivity index (χ0v) is 15.5. The third-order valence-electron chi connectivity index (χ3n) is 3.83. The van der Waals surface area contributed by atoms with Crippen LogP contribution in [0.1, 0.15) is 23.2 Å². The van der Waals surface area contributed by atoms with Gasteiger partial charge in [0.05, 0.1) is 4.90 Å². The summed E-state index contributed by atoms with van der Waals surface area (Å²) in [7, 11) is -4.09. The minimum atomic E-state index is -4.09. The van der Waals surface area contributed by atoms with Crippen molar-refractivity contribution in [3.8, 4) is 0 Å². The van der Waals surface area contributed by atoms with Gasteiger partial charge in [0, 0.05) is 17.8 Å². The maximum absolute atomic E-state index is 13.3. The van der Waals surface area contributed by atoms with Crippen LogP contribution in [0.4, 0.5) is 20.2 Å². The van der Waals surface area contributed by atoms with E-state index < -0.39 is 32.5 Å². The van der Waals surface area contributed by atoms with E-state index in [0.717, 1.165) is 12.1 Å². The van der Waals surface area contributed by atoms with Crippen LogP contribution < -0.4 is 10.0 Å². The van der Waals surface area contributed by atoms with Gasteiger partial charge in [-0.15, -0.1) is 0 Å². The van der Waals surface area contributed by atoms with Crippen LogP contribution in [0.5, 0.6) is 0 Å². The molecule has 9 heteroatoms. The highest BCUT2D eigenvalue weighted by Crippen LogP contribution is 2.20. The van der Waals surface area contributed by atoms with Crippen molar-refractivity contribution in [3.05, 3.63) is 77.8 Å². The minimum absolute atomic E-state index is 0.167. The normalized spacial score (nSPS) is 11.2. The van der Waals surface area contributed by atoms with Gasteiger partial charge in [-0.3, -0.25) is 9.52 Å². The van der Waals surface area contributed by atoms with Gasteiger partial charge in [0.25, 0.3) is 15.9 Å². The van der Waals surface area contributed by atoms with Crippen LogP contribution in [0, 0.1) is 11.6 Å². The average molecular weight is 406 g/mol. The van der Waals surface area contributed by atoms with Gasteiger partial charge in [-0.05, 0) is 54.6 Å². The molecule has 1 aromatic heterocycles. The molecule has 0 saturated heterocycles. The number of benzene rings is 2. The number of furan rings is 1. The zero-order valence-electron chi connectivity index (χ0n) is 14.7. The number of aryl methyl sites for hydroxylation is 1. The molecule has 2 N–H and O–H groups in total. The molecule has 0 aliphatic heterocycles. The van der Waals surface area contributed by atoms with Gasteiger partial charge in [-0.25, -0.2) is 17.2 Å². The molecule has 146 valence electrons. The number of nitrogens with one attached hydrogen (secondary N) is 2. The Morgan fingerprint density at radius 2 is 1.64 bits per heavy atom. The third kappa shape index (κ3) is 4.37. The van der Waals surface area contributed by atoms with E-state index in [1.807, 2.05) is 6.92 Å². The Balaban J connectivity index is 1.70. The molecule has 2 aromatic carbocycles. The average Bonchev–Trinajstić information content (AvgIpc) is 3.14. The van der Waals surface area contributed by atoms with Crippen molar-refractivity contribution < 1.29 is 26.4 Å². The maximum Gasteiger partial charge on any atom is 0.291 e. The lowest BCUT2D eigenvalue weighted by Gasteiger charge is -2.09.